The second-order valence-corrected chi connectivity index (χ2v) is 5.70. The van der Waals surface area contributed by atoms with Gasteiger partial charge in [0, 0.05) is 32.3 Å². The molecule has 2 rings (SSSR count). The van der Waals surface area contributed by atoms with Crippen molar-refractivity contribution in [1.29, 1.82) is 0 Å². The highest BCUT2D eigenvalue weighted by Crippen LogP contribution is 2.39. The van der Waals surface area contributed by atoms with Crippen LogP contribution in [0.4, 0.5) is 17.6 Å². The Bertz CT molecular complexity index is 347. The van der Waals surface area contributed by atoms with E-state index in [2.05, 4.69) is 4.74 Å². The zero-order chi connectivity index (χ0) is 16.1. The predicted molar refractivity (Wildman–Crippen MR) is 68.3 cm³/mol. The molecule has 2 saturated carbocycles. The van der Waals surface area contributed by atoms with Gasteiger partial charge in [0.1, 0.15) is 0 Å². The second kappa shape index (κ2) is 7.42. The molecule has 0 aliphatic heterocycles. The molecule has 0 aromatic carbocycles. The van der Waals surface area contributed by atoms with Gasteiger partial charge in [-0.1, -0.05) is 0 Å². The molecule has 0 saturated heterocycles. The van der Waals surface area contributed by atoms with E-state index >= 15 is 0 Å². The van der Waals surface area contributed by atoms with E-state index in [0.717, 1.165) is 0 Å². The van der Waals surface area contributed by atoms with Crippen LogP contribution in [0, 0.1) is 11.8 Å². The van der Waals surface area contributed by atoms with Crippen molar-refractivity contribution in [2.75, 3.05) is 13.2 Å². The lowest BCUT2D eigenvalue weighted by Gasteiger charge is -2.08. The molecule has 124 valence electrons. The van der Waals surface area contributed by atoms with Crippen LogP contribution >= 0.6 is 0 Å². The lowest BCUT2D eigenvalue weighted by atomic mass is 10.1. The average Bonchev–Trinajstić information content (AvgIpc) is 2.92. The molecule has 21 heavy (non-hydrogen) atoms. The normalized spacial score (nSPS) is 29.6. The Kier molecular flexibility index (Phi) is 6.43. The lowest BCUT2D eigenvalue weighted by Crippen LogP contribution is -2.17. The van der Waals surface area contributed by atoms with Gasteiger partial charge in [0.15, 0.2) is 0 Å². The largest absolute Gasteiger partial charge is 0.466 e. The molecule has 0 spiro atoms. The minimum absolute atomic E-state index is 0.0434. The van der Waals surface area contributed by atoms with Crippen molar-refractivity contribution in [1.82, 2.24) is 0 Å². The lowest BCUT2D eigenvalue weighted by molar-refractivity contribution is -0.148. The summed E-state index contributed by atoms with van der Waals surface area (Å²) in [6.45, 7) is 1.85. The van der Waals surface area contributed by atoms with Crippen LogP contribution in [0.2, 0.25) is 0 Å². The Morgan fingerprint density at radius 2 is 1.71 bits per heavy atom. The summed E-state index contributed by atoms with van der Waals surface area (Å²) < 4.78 is 54.4. The summed E-state index contributed by atoms with van der Waals surface area (Å²) in [7, 11) is 0. The first-order valence-corrected chi connectivity index (χ1v) is 7.22. The number of aliphatic hydroxyl groups is 1. The Morgan fingerprint density at radius 1 is 1.14 bits per heavy atom. The van der Waals surface area contributed by atoms with Gasteiger partial charge in [-0.15, -0.1) is 0 Å². The van der Waals surface area contributed by atoms with E-state index in [-0.39, 0.29) is 51.2 Å². The smallest absolute Gasteiger partial charge is 0.309 e. The van der Waals surface area contributed by atoms with Crippen molar-refractivity contribution < 1.29 is 32.2 Å². The highest BCUT2D eigenvalue weighted by Gasteiger charge is 2.43. The number of hydrogen-bond acceptors (Lipinski definition) is 3. The van der Waals surface area contributed by atoms with Gasteiger partial charge in [-0.25, -0.2) is 17.6 Å². The summed E-state index contributed by atoms with van der Waals surface area (Å²) in [6.07, 6.45) is 0.0410. The quantitative estimate of drug-likeness (QED) is 0.641. The molecule has 0 aromatic heterocycles. The van der Waals surface area contributed by atoms with Crippen molar-refractivity contribution in [3.8, 4) is 0 Å². The summed E-state index contributed by atoms with van der Waals surface area (Å²) in [4.78, 5) is 11.0. The molecule has 0 radical (unpaired) electrons. The van der Waals surface area contributed by atoms with Crippen LogP contribution in [0.5, 0.6) is 0 Å². The van der Waals surface area contributed by atoms with Crippen LogP contribution in [0.3, 0.4) is 0 Å². The van der Waals surface area contributed by atoms with Crippen LogP contribution in [0.1, 0.15) is 45.4 Å². The van der Waals surface area contributed by atoms with Gasteiger partial charge in [0.2, 0.25) is 11.8 Å². The topological polar surface area (TPSA) is 46.5 Å². The molecule has 0 bridgehead atoms. The molecule has 1 N–H and O–H groups in total. The van der Waals surface area contributed by atoms with E-state index in [4.69, 9.17) is 5.11 Å². The summed E-state index contributed by atoms with van der Waals surface area (Å²) in [5, 5.41) is 8.46. The fourth-order valence-electron chi connectivity index (χ4n) is 2.61. The monoisotopic (exact) mass is 314 g/mol. The van der Waals surface area contributed by atoms with Crippen LogP contribution < -0.4 is 0 Å². The maximum absolute atomic E-state index is 12.6. The van der Waals surface area contributed by atoms with Gasteiger partial charge < -0.3 is 9.84 Å². The fourth-order valence-corrected chi connectivity index (χ4v) is 2.61. The molecule has 3 nitrogen and oxygen atoms in total. The summed E-state index contributed by atoms with van der Waals surface area (Å²) in [6, 6.07) is 0. The minimum atomic E-state index is -2.66. The molecule has 0 amide bonds. The summed E-state index contributed by atoms with van der Waals surface area (Å²) in [5.74, 6) is -6.36. The van der Waals surface area contributed by atoms with E-state index < -0.39 is 23.7 Å². The number of alkyl halides is 4. The van der Waals surface area contributed by atoms with Crippen molar-refractivity contribution >= 4 is 5.97 Å². The van der Waals surface area contributed by atoms with Crippen molar-refractivity contribution in [3.63, 3.8) is 0 Å². The van der Waals surface area contributed by atoms with E-state index in [0.29, 0.717) is 6.42 Å². The molecule has 2 aliphatic carbocycles. The van der Waals surface area contributed by atoms with Crippen LogP contribution in [-0.2, 0) is 9.53 Å². The first kappa shape index (κ1) is 18.2. The maximum Gasteiger partial charge on any atom is 0.309 e. The molecule has 2 atom stereocenters. The van der Waals surface area contributed by atoms with Crippen LogP contribution in [0.15, 0.2) is 0 Å². The van der Waals surface area contributed by atoms with Crippen molar-refractivity contribution in [3.05, 3.63) is 0 Å². The number of aliphatic hydroxyl groups excluding tert-OH is 1. The Morgan fingerprint density at radius 3 is 2.05 bits per heavy atom. The SMILES string of the molecule is CCOC(=O)C1CCC(F)(F)C1.OCC1CCC(F)(F)C1. The molecule has 0 heterocycles. The Labute approximate surface area is 121 Å². The zero-order valence-corrected chi connectivity index (χ0v) is 12.1. The zero-order valence-electron chi connectivity index (χ0n) is 12.1. The molecule has 2 aliphatic rings. The van der Waals surface area contributed by atoms with E-state index in [1.165, 1.54) is 0 Å². The Hall–Kier alpha value is -0.850. The first-order chi connectivity index (χ1) is 9.69. The van der Waals surface area contributed by atoms with E-state index in [1.807, 2.05) is 0 Å². The van der Waals surface area contributed by atoms with Crippen LogP contribution in [-0.4, -0.2) is 36.1 Å². The van der Waals surface area contributed by atoms with Gasteiger partial charge in [0.25, 0.3) is 0 Å². The highest BCUT2D eigenvalue weighted by atomic mass is 19.3. The number of esters is 1. The molecule has 7 heteroatoms. The number of ether oxygens (including phenoxy) is 1. The predicted octanol–water partition coefficient (Wildman–Crippen LogP) is 3.40. The van der Waals surface area contributed by atoms with Crippen LogP contribution in [0.25, 0.3) is 0 Å². The number of carbonyl (C=O) groups is 1. The molecular weight excluding hydrogens is 292 g/mol. The molecular formula is C14H22F4O3. The molecule has 0 aromatic rings. The third kappa shape index (κ3) is 6.20. The number of hydrogen-bond donors (Lipinski definition) is 1. The van der Waals surface area contributed by atoms with Gasteiger partial charge in [-0.2, -0.15) is 0 Å². The van der Waals surface area contributed by atoms with Crippen molar-refractivity contribution in [2.24, 2.45) is 11.8 Å². The van der Waals surface area contributed by atoms with Gasteiger partial charge in [0.05, 0.1) is 12.5 Å². The molecule has 2 unspecified atom stereocenters. The van der Waals surface area contributed by atoms with Gasteiger partial charge >= 0.3 is 5.97 Å². The first-order valence-electron chi connectivity index (χ1n) is 7.22. The number of rotatable bonds is 3. The standard InChI is InChI=1S/C8H12F2O2.C6H10F2O/c1-2-12-7(11)6-3-4-8(9,10)5-6;7-6(8)2-1-5(3-6)4-9/h6H,2-5H2,1H3;5,9H,1-4H2. The summed E-state index contributed by atoms with van der Waals surface area (Å²) in [5.41, 5.74) is 0. The highest BCUT2D eigenvalue weighted by molar-refractivity contribution is 5.72. The van der Waals surface area contributed by atoms with E-state index in [1.54, 1.807) is 6.92 Å². The molecule has 2 fully saturated rings. The van der Waals surface area contributed by atoms with Crippen molar-refractivity contribution in [2.45, 2.75) is 57.3 Å². The van der Waals surface area contributed by atoms with Gasteiger partial charge in [-0.3, -0.25) is 4.79 Å². The van der Waals surface area contributed by atoms with E-state index in [9.17, 15) is 22.4 Å². The average molecular weight is 314 g/mol. The van der Waals surface area contributed by atoms with Gasteiger partial charge in [-0.05, 0) is 25.7 Å². The number of halogens is 4. The summed E-state index contributed by atoms with van der Waals surface area (Å²) >= 11 is 0. The maximum atomic E-state index is 12.6. The second-order valence-electron chi connectivity index (χ2n) is 5.70. The fraction of sp³-hybridized carbons (Fsp3) is 0.929. The minimum Gasteiger partial charge on any atom is -0.466 e. The third-order valence-corrected chi connectivity index (χ3v) is 3.79. The Balaban J connectivity index is 0.000000219. The third-order valence-electron chi connectivity index (χ3n) is 3.79. The number of carbonyl (C=O) groups excluding carboxylic acids is 1.